The lowest BCUT2D eigenvalue weighted by Crippen LogP contribution is -2.41. The Labute approximate surface area is 185 Å². The van der Waals surface area contributed by atoms with Gasteiger partial charge in [-0.15, -0.1) is 0 Å². The highest BCUT2D eigenvalue weighted by Crippen LogP contribution is 2.37. The Morgan fingerprint density at radius 3 is 2.27 bits per heavy atom. The van der Waals surface area contributed by atoms with E-state index < -0.39 is 33.6 Å². The molecule has 1 aliphatic heterocycles. The van der Waals surface area contributed by atoms with Crippen molar-refractivity contribution in [3.63, 3.8) is 0 Å². The second-order valence-corrected chi connectivity index (χ2v) is 10.1. The number of sulfonamides is 1. The van der Waals surface area contributed by atoms with Crippen molar-refractivity contribution in [2.75, 3.05) is 18.4 Å². The van der Waals surface area contributed by atoms with Crippen LogP contribution >= 0.6 is 27.5 Å². The maximum absolute atomic E-state index is 13.2. The topological polar surface area (TPSA) is 66.5 Å². The number of carbonyl (C=O) groups excluding carboxylic acids is 1. The van der Waals surface area contributed by atoms with Crippen LogP contribution in [0.15, 0.2) is 51.8 Å². The van der Waals surface area contributed by atoms with E-state index in [9.17, 15) is 26.4 Å². The second-order valence-electron chi connectivity index (χ2n) is 6.81. The van der Waals surface area contributed by atoms with Crippen molar-refractivity contribution in [2.45, 2.75) is 23.9 Å². The van der Waals surface area contributed by atoms with Gasteiger partial charge in [0.05, 0.1) is 16.1 Å². The fraction of sp³-hybridized carbons (Fsp3) is 0.316. The van der Waals surface area contributed by atoms with Crippen LogP contribution in [0.25, 0.3) is 0 Å². The summed E-state index contributed by atoms with van der Waals surface area (Å²) in [7, 11) is -3.70. The molecule has 1 fully saturated rings. The van der Waals surface area contributed by atoms with E-state index in [0.717, 1.165) is 16.6 Å². The number of nitrogens with zero attached hydrogens (tertiary/aromatic N) is 1. The molecule has 0 aliphatic carbocycles. The molecule has 0 bridgehead atoms. The molecule has 0 aromatic heterocycles. The van der Waals surface area contributed by atoms with E-state index in [1.54, 1.807) is 12.1 Å². The molecule has 0 radical (unpaired) electrons. The van der Waals surface area contributed by atoms with E-state index in [1.165, 1.54) is 22.5 Å². The van der Waals surface area contributed by atoms with Crippen LogP contribution in [0, 0.1) is 5.92 Å². The van der Waals surface area contributed by atoms with Crippen LogP contribution in [0.3, 0.4) is 0 Å². The minimum absolute atomic E-state index is 0.0909. The number of hydrogen-bond donors (Lipinski definition) is 1. The van der Waals surface area contributed by atoms with E-state index in [2.05, 4.69) is 21.2 Å². The number of benzene rings is 2. The summed E-state index contributed by atoms with van der Waals surface area (Å²) in [6, 6.07) is 9.34. The van der Waals surface area contributed by atoms with Gasteiger partial charge in [0.15, 0.2) is 0 Å². The molecule has 0 unspecified atom stereocenters. The number of piperidine rings is 1. The van der Waals surface area contributed by atoms with Crippen LogP contribution in [0.2, 0.25) is 5.02 Å². The van der Waals surface area contributed by atoms with Crippen molar-refractivity contribution in [2.24, 2.45) is 5.92 Å². The third-order valence-corrected chi connectivity index (χ3v) is 7.50. The normalized spacial score (nSPS) is 16.4. The van der Waals surface area contributed by atoms with Gasteiger partial charge in [-0.3, -0.25) is 4.79 Å². The van der Waals surface area contributed by atoms with E-state index in [-0.39, 0.29) is 41.5 Å². The lowest BCUT2D eigenvalue weighted by molar-refractivity contribution is -0.137. The molecule has 30 heavy (non-hydrogen) atoms. The van der Waals surface area contributed by atoms with Crippen molar-refractivity contribution in [1.82, 2.24) is 4.31 Å². The number of alkyl halides is 3. The largest absolute Gasteiger partial charge is 0.418 e. The van der Waals surface area contributed by atoms with Gasteiger partial charge >= 0.3 is 6.18 Å². The minimum Gasteiger partial charge on any atom is -0.325 e. The number of amides is 1. The highest BCUT2D eigenvalue weighted by atomic mass is 79.9. The van der Waals surface area contributed by atoms with E-state index >= 15 is 0 Å². The molecule has 1 aliphatic rings. The lowest BCUT2D eigenvalue weighted by atomic mass is 9.97. The molecule has 2 aromatic rings. The summed E-state index contributed by atoms with van der Waals surface area (Å²) >= 11 is 8.90. The third-order valence-electron chi connectivity index (χ3n) is 4.82. The molecule has 1 saturated heterocycles. The van der Waals surface area contributed by atoms with Crippen molar-refractivity contribution < 1.29 is 26.4 Å². The van der Waals surface area contributed by atoms with Crippen molar-refractivity contribution >= 4 is 49.1 Å². The second kappa shape index (κ2) is 8.86. The van der Waals surface area contributed by atoms with Crippen LogP contribution < -0.4 is 5.32 Å². The minimum atomic E-state index is -4.67. The Kier molecular flexibility index (Phi) is 6.81. The van der Waals surface area contributed by atoms with Crippen molar-refractivity contribution in [3.8, 4) is 0 Å². The first kappa shape index (κ1) is 23.1. The summed E-state index contributed by atoms with van der Waals surface area (Å²) in [4.78, 5) is 12.7. The molecule has 3 rings (SSSR count). The number of hydrogen-bond acceptors (Lipinski definition) is 3. The summed E-state index contributed by atoms with van der Waals surface area (Å²) in [6.07, 6.45) is -4.26. The molecule has 1 amide bonds. The molecule has 2 aromatic carbocycles. The molecule has 162 valence electrons. The summed E-state index contributed by atoms with van der Waals surface area (Å²) in [5, 5.41) is 2.22. The summed E-state index contributed by atoms with van der Waals surface area (Å²) < 4.78 is 67.1. The van der Waals surface area contributed by atoms with E-state index in [0.29, 0.717) is 0 Å². The van der Waals surface area contributed by atoms with Gasteiger partial charge in [0, 0.05) is 28.5 Å². The molecule has 0 saturated carbocycles. The van der Waals surface area contributed by atoms with Gasteiger partial charge in [0.2, 0.25) is 15.9 Å². The quantitative estimate of drug-likeness (QED) is 0.600. The molecule has 1 heterocycles. The third kappa shape index (κ3) is 5.16. The number of rotatable bonds is 4. The highest BCUT2D eigenvalue weighted by Gasteiger charge is 2.36. The smallest absolute Gasteiger partial charge is 0.325 e. The summed E-state index contributed by atoms with van der Waals surface area (Å²) in [6.45, 7) is 0.201. The van der Waals surface area contributed by atoms with Gasteiger partial charge in [-0.2, -0.15) is 17.5 Å². The summed E-state index contributed by atoms with van der Waals surface area (Å²) in [5.74, 6) is -1.18. The van der Waals surface area contributed by atoms with Gasteiger partial charge in [-0.05, 0) is 55.3 Å². The van der Waals surface area contributed by atoms with E-state index in [1.807, 2.05) is 0 Å². The molecule has 5 nitrogen and oxygen atoms in total. The van der Waals surface area contributed by atoms with Gasteiger partial charge in [0.1, 0.15) is 0 Å². The van der Waals surface area contributed by atoms with Crippen LogP contribution in [0.1, 0.15) is 18.4 Å². The summed E-state index contributed by atoms with van der Waals surface area (Å²) in [5.41, 5.74) is -1.40. The average molecular weight is 526 g/mol. The number of nitrogens with one attached hydrogen (secondary N) is 1. The number of anilines is 1. The zero-order valence-corrected chi connectivity index (χ0v) is 18.6. The predicted molar refractivity (Wildman–Crippen MR) is 111 cm³/mol. The molecular formula is C19H17BrClF3N2O3S. The first-order chi connectivity index (χ1) is 14.0. The van der Waals surface area contributed by atoms with Gasteiger partial charge < -0.3 is 5.32 Å². The number of carbonyl (C=O) groups is 1. The van der Waals surface area contributed by atoms with Gasteiger partial charge in [-0.25, -0.2) is 8.42 Å². The predicted octanol–water partition coefficient (Wildman–Crippen LogP) is 5.16. The zero-order valence-electron chi connectivity index (χ0n) is 15.4. The van der Waals surface area contributed by atoms with Crippen molar-refractivity contribution in [1.29, 1.82) is 0 Å². The fourth-order valence-electron chi connectivity index (χ4n) is 3.21. The van der Waals surface area contributed by atoms with Crippen molar-refractivity contribution in [3.05, 3.63) is 57.5 Å². The zero-order chi connectivity index (χ0) is 22.1. The first-order valence-corrected chi connectivity index (χ1v) is 11.5. The molecule has 0 spiro atoms. The molecule has 1 N–H and O–H groups in total. The van der Waals surface area contributed by atoms with Gasteiger partial charge in [0.25, 0.3) is 0 Å². The standard InChI is InChI=1S/C19H17BrClF3N2O3S/c20-13-1-4-15(5-2-13)30(28,29)26-9-7-12(8-10-26)18(27)25-17-6-3-14(21)11-16(17)19(22,23)24/h1-6,11-12H,7-10H2,(H,25,27). The first-order valence-electron chi connectivity index (χ1n) is 8.92. The molecule has 0 atom stereocenters. The van der Waals surface area contributed by atoms with Crippen LogP contribution in [-0.4, -0.2) is 31.7 Å². The molecule has 11 heteroatoms. The van der Waals surface area contributed by atoms with Crippen LogP contribution in [0.4, 0.5) is 18.9 Å². The Morgan fingerprint density at radius 1 is 1.10 bits per heavy atom. The fourth-order valence-corrected chi connectivity index (χ4v) is 5.11. The number of halogens is 5. The Bertz CT molecular complexity index is 1040. The Balaban J connectivity index is 1.67. The monoisotopic (exact) mass is 524 g/mol. The van der Waals surface area contributed by atoms with E-state index in [4.69, 9.17) is 11.6 Å². The Morgan fingerprint density at radius 2 is 1.70 bits per heavy atom. The maximum Gasteiger partial charge on any atom is 0.418 e. The average Bonchev–Trinajstić information content (AvgIpc) is 2.69. The van der Waals surface area contributed by atoms with Gasteiger partial charge in [-0.1, -0.05) is 27.5 Å². The SMILES string of the molecule is O=C(Nc1ccc(Cl)cc1C(F)(F)F)C1CCN(S(=O)(=O)c2ccc(Br)cc2)CC1. The lowest BCUT2D eigenvalue weighted by Gasteiger charge is -2.30. The maximum atomic E-state index is 13.2. The van der Waals surface area contributed by atoms with Crippen LogP contribution in [0.5, 0.6) is 0 Å². The van der Waals surface area contributed by atoms with Crippen LogP contribution in [-0.2, 0) is 21.0 Å². The highest BCUT2D eigenvalue weighted by molar-refractivity contribution is 9.10. The Hall–Kier alpha value is -1.62. The molecular weight excluding hydrogens is 509 g/mol.